The molecule has 104 valence electrons. The average Bonchev–Trinajstić information content (AvgIpc) is 2.38. The monoisotopic (exact) mass is 326 g/mol. The van der Waals surface area contributed by atoms with Crippen molar-refractivity contribution in [1.82, 2.24) is 4.90 Å². The fourth-order valence-electron chi connectivity index (χ4n) is 2.47. The predicted octanol–water partition coefficient (Wildman–Crippen LogP) is 2.43. The zero-order valence-corrected chi connectivity index (χ0v) is 12.6. The van der Waals surface area contributed by atoms with Gasteiger partial charge in [-0.15, -0.1) is 0 Å². The molecule has 0 saturated carbocycles. The number of hydrogen-bond donors (Lipinski definition) is 1. The van der Waals surface area contributed by atoms with Crippen LogP contribution in [0.25, 0.3) is 0 Å². The summed E-state index contributed by atoms with van der Waals surface area (Å²) in [5.41, 5.74) is 1.19. The van der Waals surface area contributed by atoms with Gasteiger partial charge in [0.2, 0.25) is 0 Å². The summed E-state index contributed by atoms with van der Waals surface area (Å²) in [5, 5.41) is 8.82. The molecule has 0 spiro atoms. The molecule has 2 rings (SSSR count). The Morgan fingerprint density at radius 1 is 1.42 bits per heavy atom. The number of piperazine rings is 1. The van der Waals surface area contributed by atoms with Gasteiger partial charge in [-0.3, -0.25) is 9.69 Å². The van der Waals surface area contributed by atoms with Gasteiger partial charge in [-0.2, -0.15) is 0 Å². The first-order valence-electron chi connectivity index (χ1n) is 6.49. The third-order valence-electron chi connectivity index (χ3n) is 3.66. The number of benzene rings is 1. The summed E-state index contributed by atoms with van der Waals surface area (Å²) < 4.78 is 1.09. The number of nitrogens with zero attached hydrogens (tertiary/aromatic N) is 2. The van der Waals surface area contributed by atoms with Crippen LogP contribution in [0.1, 0.15) is 12.8 Å². The first-order chi connectivity index (χ1) is 9.08. The van der Waals surface area contributed by atoms with Crippen molar-refractivity contribution in [3.8, 4) is 0 Å². The van der Waals surface area contributed by atoms with E-state index in [0.29, 0.717) is 12.5 Å². The van der Waals surface area contributed by atoms with Crippen molar-refractivity contribution >= 4 is 27.6 Å². The van der Waals surface area contributed by atoms with Crippen LogP contribution in [0.2, 0.25) is 0 Å². The molecule has 1 N–H and O–H groups in total. The highest BCUT2D eigenvalue weighted by molar-refractivity contribution is 9.10. The molecule has 1 aromatic rings. The number of carbonyl (C=O) groups is 1. The van der Waals surface area contributed by atoms with E-state index in [0.717, 1.165) is 24.1 Å². The van der Waals surface area contributed by atoms with E-state index in [1.807, 2.05) is 18.2 Å². The molecular formula is C14H19BrN2O2. The predicted molar refractivity (Wildman–Crippen MR) is 79.6 cm³/mol. The normalized spacial score (nSPS) is 20.5. The number of halogens is 1. The Kier molecular flexibility index (Phi) is 4.82. The van der Waals surface area contributed by atoms with Gasteiger partial charge in [0.1, 0.15) is 0 Å². The fraction of sp³-hybridized carbons (Fsp3) is 0.500. The molecule has 1 unspecified atom stereocenters. The molecule has 1 fully saturated rings. The van der Waals surface area contributed by atoms with Crippen LogP contribution in [-0.2, 0) is 4.79 Å². The first kappa shape index (κ1) is 14.3. The van der Waals surface area contributed by atoms with E-state index in [9.17, 15) is 4.79 Å². The number of carboxylic acids is 1. The lowest BCUT2D eigenvalue weighted by Gasteiger charge is -2.41. The molecule has 1 heterocycles. The molecule has 1 saturated heterocycles. The number of aliphatic carboxylic acids is 1. The summed E-state index contributed by atoms with van der Waals surface area (Å²) >= 11 is 3.58. The van der Waals surface area contributed by atoms with E-state index in [-0.39, 0.29) is 6.42 Å². The number of anilines is 1. The molecule has 1 atom stereocenters. The molecule has 5 heteroatoms. The highest BCUT2D eigenvalue weighted by Crippen LogP contribution is 2.28. The van der Waals surface area contributed by atoms with Gasteiger partial charge >= 0.3 is 5.97 Å². The molecule has 0 aromatic heterocycles. The quantitative estimate of drug-likeness (QED) is 0.922. The van der Waals surface area contributed by atoms with E-state index < -0.39 is 5.97 Å². The molecule has 0 radical (unpaired) electrons. The molecule has 19 heavy (non-hydrogen) atoms. The maximum atomic E-state index is 10.7. The van der Waals surface area contributed by atoms with Crippen LogP contribution in [0.3, 0.4) is 0 Å². The van der Waals surface area contributed by atoms with Crippen LogP contribution in [-0.4, -0.2) is 48.7 Å². The van der Waals surface area contributed by atoms with Gasteiger partial charge < -0.3 is 10.0 Å². The van der Waals surface area contributed by atoms with Crippen LogP contribution in [0, 0.1) is 0 Å². The summed E-state index contributed by atoms with van der Waals surface area (Å²) in [5.74, 6) is -0.716. The zero-order valence-electron chi connectivity index (χ0n) is 11.1. The minimum absolute atomic E-state index is 0.235. The van der Waals surface area contributed by atoms with Crippen LogP contribution >= 0.6 is 15.9 Å². The molecule has 1 aliphatic heterocycles. The van der Waals surface area contributed by atoms with Crippen molar-refractivity contribution < 1.29 is 9.90 Å². The lowest BCUT2D eigenvalue weighted by Crippen LogP contribution is -2.51. The van der Waals surface area contributed by atoms with Crippen molar-refractivity contribution in [2.45, 2.75) is 18.9 Å². The topological polar surface area (TPSA) is 43.8 Å². The van der Waals surface area contributed by atoms with Crippen molar-refractivity contribution in [1.29, 1.82) is 0 Å². The molecule has 4 nitrogen and oxygen atoms in total. The highest BCUT2D eigenvalue weighted by atomic mass is 79.9. The number of hydrogen-bond acceptors (Lipinski definition) is 3. The smallest absolute Gasteiger partial charge is 0.303 e. The van der Waals surface area contributed by atoms with Crippen molar-refractivity contribution in [3.63, 3.8) is 0 Å². The van der Waals surface area contributed by atoms with Crippen molar-refractivity contribution in [2.75, 3.05) is 31.6 Å². The maximum Gasteiger partial charge on any atom is 0.303 e. The highest BCUT2D eigenvalue weighted by Gasteiger charge is 2.25. The van der Waals surface area contributed by atoms with Gasteiger partial charge in [0.25, 0.3) is 0 Å². The van der Waals surface area contributed by atoms with Gasteiger partial charge in [-0.25, -0.2) is 0 Å². The minimum Gasteiger partial charge on any atom is -0.481 e. The van der Waals surface area contributed by atoms with E-state index in [2.05, 4.69) is 38.8 Å². The average molecular weight is 327 g/mol. The van der Waals surface area contributed by atoms with Gasteiger partial charge in [0.05, 0.1) is 5.69 Å². The molecule has 1 aromatic carbocycles. The van der Waals surface area contributed by atoms with E-state index in [4.69, 9.17) is 5.11 Å². The molecule has 0 amide bonds. The number of rotatable bonds is 4. The Labute approximate surface area is 122 Å². The van der Waals surface area contributed by atoms with Crippen LogP contribution in [0.15, 0.2) is 28.7 Å². The zero-order chi connectivity index (χ0) is 13.8. The van der Waals surface area contributed by atoms with Crippen LogP contribution in [0.4, 0.5) is 5.69 Å². The van der Waals surface area contributed by atoms with Crippen LogP contribution in [0.5, 0.6) is 0 Å². The molecule has 0 bridgehead atoms. The fourth-order valence-corrected chi connectivity index (χ4v) is 3.01. The SMILES string of the molecule is CN1CCN(c2ccccc2Br)CC1CCC(=O)O. The Hall–Kier alpha value is -1.07. The lowest BCUT2D eigenvalue weighted by atomic mass is 10.1. The second-order valence-electron chi connectivity index (χ2n) is 4.96. The third kappa shape index (κ3) is 3.70. The van der Waals surface area contributed by atoms with Gasteiger partial charge in [-0.05, 0) is 41.5 Å². The standard InChI is InChI=1S/C14H19BrN2O2/c1-16-8-9-17(10-11(16)6-7-14(18)19)13-5-3-2-4-12(13)15/h2-5,11H,6-10H2,1H3,(H,18,19). The third-order valence-corrected chi connectivity index (χ3v) is 4.33. The summed E-state index contributed by atoms with van der Waals surface area (Å²) in [7, 11) is 2.07. The number of para-hydroxylation sites is 1. The number of carboxylic acid groups (broad SMARTS) is 1. The van der Waals surface area contributed by atoms with Gasteiger partial charge in [-0.1, -0.05) is 12.1 Å². The van der Waals surface area contributed by atoms with E-state index in [1.165, 1.54) is 5.69 Å². The largest absolute Gasteiger partial charge is 0.481 e. The van der Waals surface area contributed by atoms with Gasteiger partial charge in [0, 0.05) is 36.6 Å². The molecular weight excluding hydrogens is 308 g/mol. The first-order valence-corrected chi connectivity index (χ1v) is 7.28. The Morgan fingerprint density at radius 2 is 2.16 bits per heavy atom. The van der Waals surface area contributed by atoms with E-state index in [1.54, 1.807) is 0 Å². The minimum atomic E-state index is -0.716. The van der Waals surface area contributed by atoms with Gasteiger partial charge in [0.15, 0.2) is 0 Å². The number of likely N-dealkylation sites (N-methyl/N-ethyl adjacent to an activating group) is 1. The Bertz CT molecular complexity index is 453. The van der Waals surface area contributed by atoms with Crippen molar-refractivity contribution in [3.05, 3.63) is 28.7 Å². The second kappa shape index (κ2) is 6.39. The Morgan fingerprint density at radius 3 is 2.84 bits per heavy atom. The second-order valence-corrected chi connectivity index (χ2v) is 5.82. The summed E-state index contributed by atoms with van der Waals surface area (Å²) in [6.45, 7) is 2.82. The summed E-state index contributed by atoms with van der Waals surface area (Å²) in [4.78, 5) is 15.3. The van der Waals surface area contributed by atoms with E-state index >= 15 is 0 Å². The summed E-state index contributed by atoms with van der Waals surface area (Å²) in [6, 6.07) is 8.48. The van der Waals surface area contributed by atoms with Crippen molar-refractivity contribution in [2.24, 2.45) is 0 Å². The molecule has 0 aliphatic carbocycles. The summed E-state index contributed by atoms with van der Waals surface area (Å²) in [6.07, 6.45) is 0.936. The maximum absolute atomic E-state index is 10.7. The van der Waals surface area contributed by atoms with Crippen LogP contribution < -0.4 is 4.90 Å². The Balaban J connectivity index is 2.04. The molecule has 1 aliphatic rings. The lowest BCUT2D eigenvalue weighted by molar-refractivity contribution is -0.137.